The van der Waals surface area contributed by atoms with Crippen LogP contribution in [0, 0.1) is 18.3 Å². The molecule has 4 heteroatoms. The van der Waals surface area contributed by atoms with Gasteiger partial charge in [0.05, 0.1) is 11.7 Å². The molecule has 2 heterocycles. The first kappa shape index (κ1) is 10.8. The highest BCUT2D eigenvalue weighted by Crippen LogP contribution is 2.27. The first-order chi connectivity index (χ1) is 8.69. The fourth-order valence-corrected chi connectivity index (χ4v) is 2.37. The summed E-state index contributed by atoms with van der Waals surface area (Å²) in [6, 6.07) is 5.91. The second-order valence-electron chi connectivity index (χ2n) is 4.58. The van der Waals surface area contributed by atoms with Gasteiger partial charge in [-0.2, -0.15) is 5.10 Å². The zero-order chi connectivity index (χ0) is 12.7. The van der Waals surface area contributed by atoms with Crippen LogP contribution in [-0.4, -0.2) is 22.2 Å². The van der Waals surface area contributed by atoms with Gasteiger partial charge in [0, 0.05) is 37.0 Å². The number of aryl methyl sites for hydroxylation is 1. The molecule has 1 amide bonds. The molecule has 1 fully saturated rings. The standard InChI is InChI=1S/C14H13N3O/c1-3-10-6-14(18)17(9-10)12-5-4-11-8-15-16(2)13(11)7-12/h1,4-5,7-8,10H,6,9H2,2H3. The lowest BCUT2D eigenvalue weighted by Gasteiger charge is -2.16. The van der Waals surface area contributed by atoms with E-state index in [1.54, 1.807) is 9.58 Å². The Morgan fingerprint density at radius 1 is 1.50 bits per heavy atom. The molecule has 2 aromatic rings. The second-order valence-corrected chi connectivity index (χ2v) is 4.58. The number of carbonyl (C=O) groups is 1. The van der Waals surface area contributed by atoms with Crippen molar-refractivity contribution < 1.29 is 4.79 Å². The predicted octanol–water partition coefficient (Wildman–Crippen LogP) is 1.56. The molecule has 1 aliphatic heterocycles. The van der Waals surface area contributed by atoms with E-state index in [1.807, 2.05) is 31.4 Å². The van der Waals surface area contributed by atoms with Gasteiger partial charge < -0.3 is 4.90 Å². The molecule has 18 heavy (non-hydrogen) atoms. The van der Waals surface area contributed by atoms with Crippen molar-refractivity contribution in [2.45, 2.75) is 6.42 Å². The van der Waals surface area contributed by atoms with Gasteiger partial charge in [0.15, 0.2) is 0 Å². The van der Waals surface area contributed by atoms with E-state index in [9.17, 15) is 4.79 Å². The summed E-state index contributed by atoms with van der Waals surface area (Å²) < 4.78 is 1.80. The average Bonchev–Trinajstić information content (AvgIpc) is 2.93. The summed E-state index contributed by atoms with van der Waals surface area (Å²) in [5, 5.41) is 5.27. The fraction of sp³-hybridized carbons (Fsp3) is 0.286. The highest BCUT2D eigenvalue weighted by Gasteiger charge is 2.29. The van der Waals surface area contributed by atoms with Crippen molar-refractivity contribution in [3.05, 3.63) is 24.4 Å². The van der Waals surface area contributed by atoms with Crippen molar-refractivity contribution in [2.75, 3.05) is 11.4 Å². The number of nitrogens with zero attached hydrogens (tertiary/aromatic N) is 3. The number of amides is 1. The van der Waals surface area contributed by atoms with Crippen LogP contribution in [0.3, 0.4) is 0 Å². The van der Waals surface area contributed by atoms with Crippen molar-refractivity contribution in [3.8, 4) is 12.3 Å². The summed E-state index contributed by atoms with van der Waals surface area (Å²) in [6.07, 6.45) is 7.65. The number of rotatable bonds is 1. The summed E-state index contributed by atoms with van der Waals surface area (Å²) in [4.78, 5) is 13.7. The maximum Gasteiger partial charge on any atom is 0.228 e. The molecule has 1 atom stereocenters. The summed E-state index contributed by atoms with van der Waals surface area (Å²) in [5.74, 6) is 2.78. The number of terminal acetylenes is 1. The van der Waals surface area contributed by atoms with Crippen LogP contribution in [0.5, 0.6) is 0 Å². The average molecular weight is 239 g/mol. The van der Waals surface area contributed by atoms with E-state index in [4.69, 9.17) is 6.42 Å². The Balaban J connectivity index is 2.02. The Hall–Kier alpha value is -2.28. The first-order valence-electron chi connectivity index (χ1n) is 5.87. The number of carbonyl (C=O) groups excluding carboxylic acids is 1. The number of benzene rings is 1. The monoisotopic (exact) mass is 239 g/mol. The molecular formula is C14H13N3O. The summed E-state index contributed by atoms with van der Waals surface area (Å²) in [6.45, 7) is 0.610. The number of fused-ring (bicyclic) bond motifs is 1. The van der Waals surface area contributed by atoms with Crippen molar-refractivity contribution >= 4 is 22.5 Å². The molecule has 4 nitrogen and oxygen atoms in total. The Morgan fingerprint density at radius 2 is 2.33 bits per heavy atom. The molecule has 0 aliphatic carbocycles. The Morgan fingerprint density at radius 3 is 3.06 bits per heavy atom. The minimum atomic E-state index is 0.0275. The van der Waals surface area contributed by atoms with E-state index in [-0.39, 0.29) is 11.8 Å². The first-order valence-corrected chi connectivity index (χ1v) is 5.87. The van der Waals surface area contributed by atoms with Crippen LogP contribution in [0.25, 0.3) is 10.9 Å². The minimum Gasteiger partial charge on any atom is -0.311 e. The van der Waals surface area contributed by atoms with Crippen LogP contribution < -0.4 is 4.90 Å². The zero-order valence-corrected chi connectivity index (χ0v) is 10.1. The van der Waals surface area contributed by atoms with Crippen LogP contribution in [0.1, 0.15) is 6.42 Å². The smallest absolute Gasteiger partial charge is 0.228 e. The molecule has 0 bridgehead atoms. The summed E-state index contributed by atoms with van der Waals surface area (Å²) in [7, 11) is 1.89. The van der Waals surface area contributed by atoms with Crippen LogP contribution in [0.2, 0.25) is 0 Å². The van der Waals surface area contributed by atoms with Crippen molar-refractivity contribution in [1.82, 2.24) is 9.78 Å². The van der Waals surface area contributed by atoms with Gasteiger partial charge in [-0.15, -0.1) is 12.3 Å². The number of hydrogen-bond acceptors (Lipinski definition) is 2. The van der Waals surface area contributed by atoms with Gasteiger partial charge in [-0.3, -0.25) is 9.48 Å². The van der Waals surface area contributed by atoms with Gasteiger partial charge in [0.25, 0.3) is 0 Å². The van der Waals surface area contributed by atoms with Gasteiger partial charge >= 0.3 is 0 Å². The second kappa shape index (κ2) is 3.88. The fourth-order valence-electron chi connectivity index (χ4n) is 2.37. The van der Waals surface area contributed by atoms with Crippen molar-refractivity contribution in [2.24, 2.45) is 13.0 Å². The number of hydrogen-bond donors (Lipinski definition) is 0. The third-order valence-corrected chi connectivity index (χ3v) is 3.41. The molecular weight excluding hydrogens is 226 g/mol. The molecule has 1 aromatic carbocycles. The Bertz CT molecular complexity index is 665. The highest BCUT2D eigenvalue weighted by molar-refractivity contribution is 5.98. The SMILES string of the molecule is C#CC1CC(=O)N(c2ccc3cnn(C)c3c2)C1. The Kier molecular flexibility index (Phi) is 2.34. The van der Waals surface area contributed by atoms with Crippen LogP contribution >= 0.6 is 0 Å². The van der Waals surface area contributed by atoms with Crippen LogP contribution in [-0.2, 0) is 11.8 Å². The highest BCUT2D eigenvalue weighted by atomic mass is 16.2. The summed E-state index contributed by atoms with van der Waals surface area (Å²) >= 11 is 0. The van der Waals surface area contributed by atoms with Gasteiger partial charge in [0.2, 0.25) is 5.91 Å². The van der Waals surface area contributed by atoms with Crippen LogP contribution in [0.4, 0.5) is 5.69 Å². The molecule has 1 saturated heterocycles. The minimum absolute atomic E-state index is 0.0275. The zero-order valence-electron chi connectivity index (χ0n) is 10.1. The van der Waals surface area contributed by atoms with Gasteiger partial charge in [-0.1, -0.05) is 0 Å². The molecule has 0 N–H and O–H groups in total. The molecule has 1 unspecified atom stereocenters. The van der Waals surface area contributed by atoms with E-state index in [0.717, 1.165) is 16.6 Å². The quantitative estimate of drug-likeness (QED) is 0.708. The Labute approximate surface area is 105 Å². The van der Waals surface area contributed by atoms with Gasteiger partial charge in [0.1, 0.15) is 0 Å². The largest absolute Gasteiger partial charge is 0.311 e. The third-order valence-electron chi connectivity index (χ3n) is 3.41. The lowest BCUT2D eigenvalue weighted by Crippen LogP contribution is -2.24. The third kappa shape index (κ3) is 1.56. The van der Waals surface area contributed by atoms with E-state index < -0.39 is 0 Å². The predicted molar refractivity (Wildman–Crippen MR) is 70.0 cm³/mol. The van der Waals surface area contributed by atoms with E-state index in [2.05, 4.69) is 11.0 Å². The molecule has 1 aliphatic rings. The van der Waals surface area contributed by atoms with E-state index >= 15 is 0 Å². The van der Waals surface area contributed by atoms with E-state index in [0.29, 0.717) is 13.0 Å². The van der Waals surface area contributed by atoms with E-state index in [1.165, 1.54) is 0 Å². The number of anilines is 1. The lowest BCUT2D eigenvalue weighted by molar-refractivity contribution is -0.117. The lowest BCUT2D eigenvalue weighted by atomic mass is 10.1. The molecule has 1 aromatic heterocycles. The maximum absolute atomic E-state index is 11.9. The maximum atomic E-state index is 11.9. The number of aromatic nitrogens is 2. The normalized spacial score (nSPS) is 19.4. The molecule has 0 radical (unpaired) electrons. The topological polar surface area (TPSA) is 38.1 Å². The van der Waals surface area contributed by atoms with Gasteiger partial charge in [-0.25, -0.2) is 0 Å². The molecule has 0 spiro atoms. The molecule has 3 rings (SSSR count). The summed E-state index contributed by atoms with van der Waals surface area (Å²) in [5.41, 5.74) is 1.92. The van der Waals surface area contributed by atoms with Crippen LogP contribution in [0.15, 0.2) is 24.4 Å². The van der Waals surface area contributed by atoms with Crippen molar-refractivity contribution in [3.63, 3.8) is 0 Å². The van der Waals surface area contributed by atoms with Crippen molar-refractivity contribution in [1.29, 1.82) is 0 Å². The molecule has 0 saturated carbocycles. The van der Waals surface area contributed by atoms with Gasteiger partial charge in [-0.05, 0) is 18.2 Å². The molecule has 90 valence electrons.